The molecule has 0 radical (unpaired) electrons. The fraction of sp³-hybridized carbons (Fsp3) is 0.429. The van der Waals surface area contributed by atoms with Gasteiger partial charge in [0, 0.05) is 5.92 Å². The van der Waals surface area contributed by atoms with Gasteiger partial charge in [0.2, 0.25) is 0 Å². The highest BCUT2D eigenvalue weighted by molar-refractivity contribution is 5.42. The molecule has 0 fully saturated rings. The van der Waals surface area contributed by atoms with Crippen molar-refractivity contribution in [1.82, 2.24) is 5.43 Å². The van der Waals surface area contributed by atoms with Crippen LogP contribution in [-0.2, 0) is 11.2 Å². The summed E-state index contributed by atoms with van der Waals surface area (Å²) < 4.78 is 5.72. The standard InChI is InChI=1S/C14H18N2O/c15-16-14(13-7-3-4-8-17-13)12-9-10-5-1-2-6-11(10)12/h1-2,5-7,12,14,16H,3-4,8-9,15H2. The molecule has 1 aromatic rings. The molecule has 1 aliphatic heterocycles. The normalized spacial score (nSPS) is 24.1. The Morgan fingerprint density at radius 3 is 2.94 bits per heavy atom. The molecule has 17 heavy (non-hydrogen) atoms. The van der Waals surface area contributed by atoms with Crippen LogP contribution in [0.1, 0.15) is 29.9 Å². The number of hydrazine groups is 1. The number of nitrogens with two attached hydrogens (primary N) is 1. The van der Waals surface area contributed by atoms with Crippen molar-refractivity contribution in [2.24, 2.45) is 5.84 Å². The lowest BCUT2D eigenvalue weighted by Gasteiger charge is -2.37. The van der Waals surface area contributed by atoms with Crippen LogP contribution in [0, 0.1) is 0 Å². The van der Waals surface area contributed by atoms with Crippen LogP contribution in [-0.4, -0.2) is 12.6 Å². The van der Waals surface area contributed by atoms with E-state index in [1.807, 2.05) is 0 Å². The molecule has 0 bridgehead atoms. The number of benzene rings is 1. The zero-order valence-corrected chi connectivity index (χ0v) is 9.86. The molecule has 0 saturated carbocycles. The van der Waals surface area contributed by atoms with Gasteiger partial charge in [-0.1, -0.05) is 24.3 Å². The molecule has 3 nitrogen and oxygen atoms in total. The van der Waals surface area contributed by atoms with E-state index in [2.05, 4.69) is 35.8 Å². The van der Waals surface area contributed by atoms with Crippen LogP contribution in [0.3, 0.4) is 0 Å². The molecule has 2 unspecified atom stereocenters. The molecule has 3 N–H and O–H groups in total. The van der Waals surface area contributed by atoms with E-state index in [9.17, 15) is 0 Å². The Balaban J connectivity index is 1.82. The number of nitrogens with one attached hydrogen (secondary N) is 1. The van der Waals surface area contributed by atoms with Gasteiger partial charge in [-0.2, -0.15) is 0 Å². The number of ether oxygens (including phenoxy) is 1. The van der Waals surface area contributed by atoms with E-state index in [1.54, 1.807) is 0 Å². The maximum Gasteiger partial charge on any atom is 0.111 e. The summed E-state index contributed by atoms with van der Waals surface area (Å²) in [6.45, 7) is 0.818. The zero-order chi connectivity index (χ0) is 11.7. The van der Waals surface area contributed by atoms with Gasteiger partial charge in [-0.3, -0.25) is 5.84 Å². The van der Waals surface area contributed by atoms with Gasteiger partial charge in [0.05, 0.1) is 12.6 Å². The van der Waals surface area contributed by atoms with E-state index >= 15 is 0 Å². The molecular weight excluding hydrogens is 212 g/mol. The molecule has 0 amide bonds. The lowest BCUT2D eigenvalue weighted by Crippen LogP contribution is -2.45. The number of hydrogen-bond acceptors (Lipinski definition) is 3. The summed E-state index contributed by atoms with van der Waals surface area (Å²) in [6, 6.07) is 8.70. The third-order valence-electron chi connectivity index (χ3n) is 3.75. The molecule has 0 aromatic heterocycles. The Morgan fingerprint density at radius 2 is 2.24 bits per heavy atom. The summed E-state index contributed by atoms with van der Waals surface area (Å²) >= 11 is 0. The zero-order valence-electron chi connectivity index (χ0n) is 9.86. The third-order valence-corrected chi connectivity index (χ3v) is 3.75. The molecule has 2 atom stereocenters. The van der Waals surface area contributed by atoms with Crippen LogP contribution >= 0.6 is 0 Å². The minimum atomic E-state index is 0.130. The average molecular weight is 230 g/mol. The van der Waals surface area contributed by atoms with Crippen LogP contribution in [0.25, 0.3) is 0 Å². The first-order chi connectivity index (χ1) is 8.40. The van der Waals surface area contributed by atoms with Crippen molar-refractivity contribution >= 4 is 0 Å². The fourth-order valence-electron chi connectivity index (χ4n) is 2.78. The molecule has 1 aromatic carbocycles. The van der Waals surface area contributed by atoms with Gasteiger partial charge in [-0.15, -0.1) is 0 Å². The van der Waals surface area contributed by atoms with Gasteiger partial charge >= 0.3 is 0 Å². The SMILES string of the molecule is NNC(C1=CCCCO1)C1Cc2ccccc21. The van der Waals surface area contributed by atoms with Crippen molar-refractivity contribution in [2.45, 2.75) is 31.2 Å². The van der Waals surface area contributed by atoms with Crippen LogP contribution in [0.4, 0.5) is 0 Å². The quantitative estimate of drug-likeness (QED) is 0.615. The van der Waals surface area contributed by atoms with E-state index in [0.717, 1.165) is 31.6 Å². The summed E-state index contributed by atoms with van der Waals surface area (Å²) in [6.07, 6.45) is 5.48. The Kier molecular flexibility index (Phi) is 2.87. The summed E-state index contributed by atoms with van der Waals surface area (Å²) in [7, 11) is 0. The van der Waals surface area contributed by atoms with Gasteiger partial charge in [-0.25, -0.2) is 5.43 Å². The highest BCUT2D eigenvalue weighted by Crippen LogP contribution is 2.39. The Morgan fingerprint density at radius 1 is 1.35 bits per heavy atom. The molecule has 1 aliphatic carbocycles. The van der Waals surface area contributed by atoms with Crippen molar-refractivity contribution in [3.63, 3.8) is 0 Å². The second-order valence-electron chi connectivity index (χ2n) is 4.75. The molecule has 0 spiro atoms. The van der Waals surface area contributed by atoms with E-state index in [0.29, 0.717) is 5.92 Å². The van der Waals surface area contributed by atoms with Crippen LogP contribution in [0.2, 0.25) is 0 Å². The summed E-state index contributed by atoms with van der Waals surface area (Å²) in [5.41, 5.74) is 5.77. The molecule has 0 saturated heterocycles. The predicted molar refractivity (Wildman–Crippen MR) is 67.3 cm³/mol. The van der Waals surface area contributed by atoms with Crippen LogP contribution < -0.4 is 11.3 Å². The van der Waals surface area contributed by atoms with E-state index in [4.69, 9.17) is 10.6 Å². The first-order valence-electron chi connectivity index (χ1n) is 6.27. The minimum absolute atomic E-state index is 0.130. The van der Waals surface area contributed by atoms with E-state index in [1.165, 1.54) is 11.1 Å². The molecule has 2 aliphatic rings. The van der Waals surface area contributed by atoms with Gasteiger partial charge in [-0.05, 0) is 36.5 Å². The van der Waals surface area contributed by atoms with Crippen molar-refractivity contribution in [1.29, 1.82) is 0 Å². The topological polar surface area (TPSA) is 47.3 Å². The van der Waals surface area contributed by atoms with Gasteiger partial charge in [0.15, 0.2) is 0 Å². The predicted octanol–water partition coefficient (Wildman–Crippen LogP) is 1.85. The Hall–Kier alpha value is -1.32. The van der Waals surface area contributed by atoms with Gasteiger partial charge < -0.3 is 4.74 Å². The maximum absolute atomic E-state index is 5.72. The second-order valence-corrected chi connectivity index (χ2v) is 4.75. The van der Waals surface area contributed by atoms with E-state index in [-0.39, 0.29) is 6.04 Å². The average Bonchev–Trinajstić information content (AvgIpc) is 2.37. The second kappa shape index (κ2) is 4.51. The number of hydrogen-bond donors (Lipinski definition) is 2. The summed E-state index contributed by atoms with van der Waals surface area (Å²) in [5.74, 6) is 7.19. The van der Waals surface area contributed by atoms with Crippen molar-refractivity contribution in [2.75, 3.05) is 6.61 Å². The fourth-order valence-corrected chi connectivity index (χ4v) is 2.78. The lowest BCUT2D eigenvalue weighted by atomic mass is 9.73. The molecule has 90 valence electrons. The van der Waals surface area contributed by atoms with Crippen LogP contribution in [0.15, 0.2) is 36.1 Å². The molecule has 3 heteroatoms. The summed E-state index contributed by atoms with van der Waals surface area (Å²) in [5, 5.41) is 0. The molecule has 3 rings (SSSR count). The Labute approximate surface area is 102 Å². The van der Waals surface area contributed by atoms with Crippen molar-refractivity contribution in [3.05, 3.63) is 47.2 Å². The van der Waals surface area contributed by atoms with Gasteiger partial charge in [0.1, 0.15) is 5.76 Å². The van der Waals surface area contributed by atoms with E-state index < -0.39 is 0 Å². The number of fused-ring (bicyclic) bond motifs is 1. The monoisotopic (exact) mass is 230 g/mol. The Bertz CT molecular complexity index is 442. The van der Waals surface area contributed by atoms with Crippen molar-refractivity contribution in [3.8, 4) is 0 Å². The first-order valence-corrected chi connectivity index (χ1v) is 6.27. The molecular formula is C14H18N2O. The number of rotatable bonds is 3. The van der Waals surface area contributed by atoms with Gasteiger partial charge in [0.25, 0.3) is 0 Å². The molecule has 1 heterocycles. The van der Waals surface area contributed by atoms with Crippen molar-refractivity contribution < 1.29 is 4.74 Å². The summed E-state index contributed by atoms with van der Waals surface area (Å²) in [4.78, 5) is 0. The largest absolute Gasteiger partial charge is 0.497 e. The minimum Gasteiger partial charge on any atom is -0.497 e. The van der Waals surface area contributed by atoms with Crippen LogP contribution in [0.5, 0.6) is 0 Å². The number of allylic oxidation sites excluding steroid dienone is 1. The highest BCUT2D eigenvalue weighted by Gasteiger charge is 2.35. The smallest absolute Gasteiger partial charge is 0.111 e. The third kappa shape index (κ3) is 1.85. The first kappa shape index (κ1) is 10.8. The lowest BCUT2D eigenvalue weighted by molar-refractivity contribution is 0.157. The highest BCUT2D eigenvalue weighted by atomic mass is 16.5. The maximum atomic E-state index is 5.72.